The van der Waals surface area contributed by atoms with Crippen LogP contribution in [0.2, 0.25) is 0 Å². The first kappa shape index (κ1) is 27.3. The topological polar surface area (TPSA) is 93.3 Å². The van der Waals surface area contributed by atoms with Gasteiger partial charge in [-0.15, -0.1) is 5.10 Å². The summed E-state index contributed by atoms with van der Waals surface area (Å²) in [7, 11) is 0. The highest BCUT2D eigenvalue weighted by Gasteiger charge is 2.82. The van der Waals surface area contributed by atoms with Gasteiger partial charge in [0.2, 0.25) is 0 Å². The SMILES string of the molecule is O[C@H](COc1ccc(C23CC(C(F)(F)[C@](O)(Cn4cnnn4)c4ccc(F)cc4F)(C2)C3)cc1)CC(F)(F)F. The largest absolute Gasteiger partial charge is 0.491 e. The van der Waals surface area contributed by atoms with E-state index < -0.39 is 71.4 Å². The Labute approximate surface area is 217 Å². The molecule has 7 nitrogen and oxygen atoms in total. The third-order valence-corrected chi connectivity index (χ3v) is 7.75. The molecule has 2 atom stereocenters. The maximum absolute atomic E-state index is 16.2. The van der Waals surface area contributed by atoms with Crippen molar-refractivity contribution in [1.29, 1.82) is 0 Å². The first-order valence-electron chi connectivity index (χ1n) is 11.9. The second kappa shape index (κ2) is 9.15. The number of aliphatic hydroxyl groups is 2. The third-order valence-electron chi connectivity index (χ3n) is 7.75. The number of aromatic nitrogens is 4. The zero-order valence-corrected chi connectivity index (χ0v) is 20.2. The van der Waals surface area contributed by atoms with Crippen molar-refractivity contribution in [2.24, 2.45) is 5.41 Å². The van der Waals surface area contributed by atoms with Crippen LogP contribution in [0, 0.1) is 17.0 Å². The lowest BCUT2D eigenvalue weighted by molar-refractivity contribution is -0.347. The molecule has 3 aliphatic carbocycles. The molecule has 2 bridgehead atoms. The van der Waals surface area contributed by atoms with E-state index >= 15 is 8.78 Å². The highest BCUT2D eigenvalue weighted by Crippen LogP contribution is 2.80. The second-order valence-corrected chi connectivity index (χ2v) is 10.5. The number of hydrogen-bond acceptors (Lipinski definition) is 6. The first-order valence-corrected chi connectivity index (χ1v) is 11.9. The van der Waals surface area contributed by atoms with E-state index in [9.17, 15) is 32.2 Å². The van der Waals surface area contributed by atoms with Gasteiger partial charge in [-0.1, -0.05) is 12.1 Å². The predicted octanol–water partition coefficient (Wildman–Crippen LogP) is 4.29. The molecule has 3 fully saturated rings. The summed E-state index contributed by atoms with van der Waals surface area (Å²) < 4.78 is 104. The molecule has 2 aromatic carbocycles. The van der Waals surface area contributed by atoms with Gasteiger partial charge in [0.1, 0.15) is 30.3 Å². The van der Waals surface area contributed by atoms with Crippen molar-refractivity contribution >= 4 is 0 Å². The Morgan fingerprint density at radius 2 is 1.67 bits per heavy atom. The number of hydrogen-bond donors (Lipinski definition) is 2. The highest BCUT2D eigenvalue weighted by molar-refractivity contribution is 5.44. The zero-order chi connectivity index (χ0) is 28.3. The van der Waals surface area contributed by atoms with Crippen molar-refractivity contribution in [2.45, 2.75) is 61.4 Å². The number of tetrazole rings is 1. The third kappa shape index (κ3) is 4.62. The molecule has 0 aliphatic heterocycles. The van der Waals surface area contributed by atoms with Crippen LogP contribution in [0.4, 0.5) is 30.7 Å². The van der Waals surface area contributed by atoms with E-state index in [1.165, 1.54) is 12.1 Å². The van der Waals surface area contributed by atoms with E-state index in [4.69, 9.17) is 4.74 Å². The van der Waals surface area contributed by atoms with Gasteiger partial charge < -0.3 is 14.9 Å². The van der Waals surface area contributed by atoms with E-state index in [2.05, 4.69) is 15.5 Å². The summed E-state index contributed by atoms with van der Waals surface area (Å²) in [6.07, 6.45) is -6.77. The minimum atomic E-state index is -4.53. The van der Waals surface area contributed by atoms with Gasteiger partial charge in [0.05, 0.1) is 19.1 Å². The molecule has 0 amide bonds. The predicted molar refractivity (Wildman–Crippen MR) is 120 cm³/mol. The van der Waals surface area contributed by atoms with Crippen LogP contribution in [0.1, 0.15) is 36.8 Å². The van der Waals surface area contributed by atoms with Crippen LogP contribution in [0.25, 0.3) is 0 Å². The van der Waals surface area contributed by atoms with Gasteiger partial charge in [0, 0.05) is 17.0 Å². The molecule has 1 aromatic heterocycles. The lowest BCUT2D eigenvalue weighted by Crippen LogP contribution is -2.76. The van der Waals surface area contributed by atoms with Crippen molar-refractivity contribution in [1.82, 2.24) is 20.2 Å². The fourth-order valence-corrected chi connectivity index (χ4v) is 5.95. The monoisotopic (exact) mass is 560 g/mol. The minimum absolute atomic E-state index is 0.0295. The van der Waals surface area contributed by atoms with Gasteiger partial charge in [-0.25, -0.2) is 22.2 Å². The Morgan fingerprint density at radius 1 is 1.00 bits per heavy atom. The molecule has 1 heterocycles. The zero-order valence-electron chi connectivity index (χ0n) is 20.2. The van der Waals surface area contributed by atoms with Crippen LogP contribution in [0.3, 0.4) is 0 Å². The van der Waals surface area contributed by atoms with Gasteiger partial charge in [-0.05, 0) is 64.9 Å². The standard InChI is InChI=1S/C25H23F7N4O3/c26-16-3-6-19(20(27)7-16)23(38,13-36-14-33-34-35-36)25(31,32)22-10-21(11-22,12-22)15-1-4-18(5-2-15)39-9-17(37)8-24(28,29)30/h1-7,14,17,37-38H,8-13H2/t17-,21?,22?,23-/m0/s1. The Bertz CT molecular complexity index is 1310. The minimum Gasteiger partial charge on any atom is -0.491 e. The molecule has 2 N–H and O–H groups in total. The molecule has 14 heteroatoms. The van der Waals surface area contributed by atoms with Crippen molar-refractivity contribution in [3.05, 3.63) is 71.6 Å². The van der Waals surface area contributed by atoms with E-state index in [0.29, 0.717) is 11.6 Å². The molecular formula is C25H23F7N4O3. The summed E-state index contributed by atoms with van der Waals surface area (Å²) in [5.41, 5.74) is -5.48. The smallest absolute Gasteiger partial charge is 0.391 e. The molecule has 39 heavy (non-hydrogen) atoms. The maximum Gasteiger partial charge on any atom is 0.391 e. The molecule has 0 saturated heterocycles. The number of alkyl halides is 5. The Hall–Kier alpha value is -3.26. The second-order valence-electron chi connectivity index (χ2n) is 10.5. The quantitative estimate of drug-likeness (QED) is 0.360. The number of rotatable bonds is 10. The van der Waals surface area contributed by atoms with E-state index in [0.717, 1.165) is 23.1 Å². The summed E-state index contributed by atoms with van der Waals surface area (Å²) in [5.74, 6) is -5.99. The van der Waals surface area contributed by atoms with Crippen LogP contribution in [-0.2, 0) is 17.6 Å². The van der Waals surface area contributed by atoms with Crippen LogP contribution in [0.15, 0.2) is 48.8 Å². The summed E-state index contributed by atoms with van der Waals surface area (Å²) in [5, 5.41) is 31.1. The number of ether oxygens (including phenoxy) is 1. The molecule has 3 aromatic rings. The summed E-state index contributed by atoms with van der Waals surface area (Å²) >= 11 is 0. The van der Waals surface area contributed by atoms with Gasteiger partial charge in [-0.3, -0.25) is 0 Å². The van der Waals surface area contributed by atoms with Gasteiger partial charge in [0.15, 0.2) is 5.60 Å². The molecule has 0 unspecified atom stereocenters. The van der Waals surface area contributed by atoms with E-state index in [1.54, 1.807) is 12.1 Å². The van der Waals surface area contributed by atoms with Crippen molar-refractivity contribution in [3.8, 4) is 5.75 Å². The fraction of sp³-hybridized carbons (Fsp3) is 0.480. The Morgan fingerprint density at radius 3 is 2.23 bits per heavy atom. The Balaban J connectivity index is 1.32. The lowest BCUT2D eigenvalue weighted by Gasteiger charge is -2.74. The molecule has 6 rings (SSSR count). The van der Waals surface area contributed by atoms with E-state index in [-0.39, 0.29) is 25.0 Å². The summed E-state index contributed by atoms with van der Waals surface area (Å²) in [6.45, 7) is -1.45. The maximum atomic E-state index is 16.2. The average molecular weight is 560 g/mol. The van der Waals surface area contributed by atoms with Crippen LogP contribution in [-0.4, -0.2) is 55.2 Å². The number of benzene rings is 2. The van der Waals surface area contributed by atoms with Gasteiger partial charge in [-0.2, -0.15) is 13.2 Å². The van der Waals surface area contributed by atoms with E-state index in [1.807, 2.05) is 0 Å². The molecule has 210 valence electrons. The van der Waals surface area contributed by atoms with Crippen LogP contribution < -0.4 is 4.74 Å². The molecular weight excluding hydrogens is 537 g/mol. The Kier molecular flexibility index (Phi) is 6.41. The van der Waals surface area contributed by atoms with Gasteiger partial charge in [0.25, 0.3) is 5.92 Å². The number of nitrogens with zero attached hydrogens (tertiary/aromatic N) is 4. The highest BCUT2D eigenvalue weighted by atomic mass is 19.4. The fourth-order valence-electron chi connectivity index (χ4n) is 5.95. The van der Waals surface area contributed by atoms with Crippen molar-refractivity contribution in [3.63, 3.8) is 0 Å². The average Bonchev–Trinajstić information content (AvgIpc) is 3.28. The van der Waals surface area contributed by atoms with Crippen molar-refractivity contribution in [2.75, 3.05) is 6.61 Å². The lowest BCUT2D eigenvalue weighted by atomic mass is 9.30. The molecule has 3 aliphatic rings. The van der Waals surface area contributed by atoms with Crippen molar-refractivity contribution < 1.29 is 45.7 Å². The number of halogens is 7. The van der Waals surface area contributed by atoms with Gasteiger partial charge >= 0.3 is 6.18 Å². The summed E-state index contributed by atoms with van der Waals surface area (Å²) in [4.78, 5) is 0. The van der Waals surface area contributed by atoms with Crippen LogP contribution >= 0.6 is 0 Å². The first-order chi connectivity index (χ1) is 18.2. The number of aliphatic hydroxyl groups excluding tert-OH is 1. The molecule has 0 radical (unpaired) electrons. The van der Waals surface area contributed by atoms with Crippen LogP contribution in [0.5, 0.6) is 5.75 Å². The molecule has 0 spiro atoms. The summed E-state index contributed by atoms with van der Waals surface area (Å²) in [6, 6.07) is 8.17. The normalized spacial score (nSPS) is 24.8. The molecule has 3 saturated carbocycles.